The number of hydrogen-bond donors (Lipinski definition) is 2. The van der Waals surface area contributed by atoms with Gasteiger partial charge in [0.2, 0.25) is 10.0 Å². The number of rotatable bonds is 6. The van der Waals surface area contributed by atoms with E-state index >= 15 is 0 Å². The lowest BCUT2D eigenvalue weighted by Gasteiger charge is -2.09. The van der Waals surface area contributed by atoms with Gasteiger partial charge in [-0.3, -0.25) is 0 Å². The largest absolute Gasteiger partial charge is 0.399 e. The molecule has 0 spiro atoms. The standard InChI is InChI=1S/C12H19ClN2O2S/c1-9(2)4-3-7-15-18(16,17)12-8-10(14)5-6-11(12)13/h5-6,8-9,15H,3-4,7,14H2,1-2H3. The Bertz CT molecular complexity index is 501. The van der Waals surface area contributed by atoms with Crippen molar-refractivity contribution >= 4 is 27.3 Å². The molecule has 0 saturated heterocycles. The zero-order chi connectivity index (χ0) is 13.8. The molecule has 0 amide bonds. The Morgan fingerprint density at radius 2 is 2.06 bits per heavy atom. The quantitative estimate of drug-likeness (QED) is 0.625. The van der Waals surface area contributed by atoms with Gasteiger partial charge in [-0.1, -0.05) is 25.4 Å². The fourth-order valence-corrected chi connectivity index (χ4v) is 3.13. The minimum absolute atomic E-state index is 0.0358. The summed E-state index contributed by atoms with van der Waals surface area (Å²) < 4.78 is 26.5. The third-order valence-electron chi connectivity index (χ3n) is 2.50. The van der Waals surface area contributed by atoms with Crippen molar-refractivity contribution in [1.82, 2.24) is 4.72 Å². The van der Waals surface area contributed by atoms with Gasteiger partial charge in [-0.2, -0.15) is 0 Å². The van der Waals surface area contributed by atoms with Crippen LogP contribution in [0.25, 0.3) is 0 Å². The van der Waals surface area contributed by atoms with Gasteiger partial charge >= 0.3 is 0 Å². The monoisotopic (exact) mass is 290 g/mol. The number of anilines is 1. The molecule has 3 N–H and O–H groups in total. The Labute approximate surface area is 114 Å². The molecule has 1 aromatic carbocycles. The molecule has 18 heavy (non-hydrogen) atoms. The number of benzene rings is 1. The van der Waals surface area contributed by atoms with Gasteiger partial charge in [0.05, 0.1) is 5.02 Å². The summed E-state index contributed by atoms with van der Waals surface area (Å²) in [6.07, 6.45) is 1.78. The molecule has 0 radical (unpaired) electrons. The van der Waals surface area contributed by atoms with Gasteiger partial charge in [0.1, 0.15) is 4.90 Å². The Morgan fingerprint density at radius 3 is 2.67 bits per heavy atom. The van der Waals surface area contributed by atoms with Crippen LogP contribution in [0.5, 0.6) is 0 Å². The van der Waals surface area contributed by atoms with Crippen molar-refractivity contribution in [3.8, 4) is 0 Å². The van der Waals surface area contributed by atoms with Crippen LogP contribution in [-0.4, -0.2) is 15.0 Å². The number of nitrogen functional groups attached to an aromatic ring is 1. The molecular formula is C12H19ClN2O2S. The van der Waals surface area contributed by atoms with Crippen molar-refractivity contribution in [3.05, 3.63) is 23.2 Å². The minimum atomic E-state index is -3.57. The van der Waals surface area contributed by atoms with Crippen LogP contribution in [-0.2, 0) is 10.0 Å². The van der Waals surface area contributed by atoms with E-state index in [4.69, 9.17) is 17.3 Å². The Hall–Kier alpha value is -0.780. The third-order valence-corrected chi connectivity index (χ3v) is 4.44. The summed E-state index contributed by atoms with van der Waals surface area (Å²) in [5.74, 6) is 0.561. The van der Waals surface area contributed by atoms with Gasteiger partial charge < -0.3 is 5.73 Å². The highest BCUT2D eigenvalue weighted by molar-refractivity contribution is 7.89. The predicted molar refractivity (Wildman–Crippen MR) is 75.1 cm³/mol. The number of nitrogens with one attached hydrogen (secondary N) is 1. The molecule has 0 unspecified atom stereocenters. The molecule has 0 aromatic heterocycles. The summed E-state index contributed by atoms with van der Waals surface area (Å²) in [5.41, 5.74) is 5.94. The van der Waals surface area contributed by atoms with Gasteiger partial charge in [0.25, 0.3) is 0 Å². The predicted octanol–water partition coefficient (Wildman–Crippen LogP) is 2.64. The van der Waals surface area contributed by atoms with Crippen LogP contribution < -0.4 is 10.5 Å². The maximum atomic E-state index is 12.0. The summed E-state index contributed by atoms with van der Waals surface area (Å²) in [5, 5.41) is 0.181. The molecule has 0 fully saturated rings. The van der Waals surface area contributed by atoms with Crippen LogP contribution in [0.3, 0.4) is 0 Å². The molecule has 1 aromatic rings. The van der Waals surface area contributed by atoms with E-state index in [1.807, 2.05) is 0 Å². The molecule has 0 atom stereocenters. The van der Waals surface area contributed by atoms with Gasteiger partial charge in [-0.05, 0) is 37.0 Å². The van der Waals surface area contributed by atoms with Crippen molar-refractivity contribution in [1.29, 1.82) is 0 Å². The SMILES string of the molecule is CC(C)CCCNS(=O)(=O)c1cc(N)ccc1Cl. The molecule has 102 valence electrons. The van der Waals surface area contributed by atoms with Crippen molar-refractivity contribution in [2.24, 2.45) is 5.92 Å². The molecule has 0 aliphatic heterocycles. The van der Waals surface area contributed by atoms with Gasteiger partial charge in [-0.25, -0.2) is 13.1 Å². The topological polar surface area (TPSA) is 72.2 Å². The first-order valence-electron chi connectivity index (χ1n) is 5.87. The van der Waals surface area contributed by atoms with Crippen molar-refractivity contribution < 1.29 is 8.42 Å². The van der Waals surface area contributed by atoms with E-state index in [0.29, 0.717) is 18.2 Å². The second-order valence-corrected chi connectivity index (χ2v) is 6.77. The summed E-state index contributed by atoms with van der Waals surface area (Å²) in [6.45, 7) is 4.61. The summed E-state index contributed by atoms with van der Waals surface area (Å²) in [7, 11) is -3.57. The molecule has 0 aliphatic rings. The highest BCUT2D eigenvalue weighted by Gasteiger charge is 2.17. The maximum Gasteiger partial charge on any atom is 0.242 e. The molecule has 4 nitrogen and oxygen atoms in total. The maximum absolute atomic E-state index is 12.0. The van der Waals surface area contributed by atoms with Crippen molar-refractivity contribution in [3.63, 3.8) is 0 Å². The average molecular weight is 291 g/mol. The van der Waals surface area contributed by atoms with Crippen LogP contribution in [0.2, 0.25) is 5.02 Å². The van der Waals surface area contributed by atoms with Gasteiger partial charge in [0.15, 0.2) is 0 Å². The molecule has 0 heterocycles. The van der Waals surface area contributed by atoms with Crippen LogP contribution in [0.15, 0.2) is 23.1 Å². The Kier molecular flexibility index (Phi) is 5.44. The third kappa shape index (κ3) is 4.48. The lowest BCUT2D eigenvalue weighted by atomic mass is 10.1. The summed E-state index contributed by atoms with van der Waals surface area (Å²) >= 11 is 5.87. The molecule has 1 rings (SSSR count). The van der Waals surface area contributed by atoms with E-state index in [9.17, 15) is 8.42 Å². The fraction of sp³-hybridized carbons (Fsp3) is 0.500. The highest BCUT2D eigenvalue weighted by Crippen LogP contribution is 2.23. The van der Waals surface area contributed by atoms with E-state index in [1.54, 1.807) is 6.07 Å². The molecule has 6 heteroatoms. The zero-order valence-electron chi connectivity index (χ0n) is 10.6. The number of halogens is 1. The minimum Gasteiger partial charge on any atom is -0.399 e. The molecular weight excluding hydrogens is 272 g/mol. The van der Waals surface area contributed by atoms with Crippen molar-refractivity contribution in [2.45, 2.75) is 31.6 Å². The lowest BCUT2D eigenvalue weighted by Crippen LogP contribution is -2.25. The van der Waals surface area contributed by atoms with E-state index < -0.39 is 10.0 Å². The number of sulfonamides is 1. The number of nitrogens with two attached hydrogens (primary N) is 1. The number of hydrogen-bond acceptors (Lipinski definition) is 3. The summed E-state index contributed by atoms with van der Waals surface area (Å²) in [4.78, 5) is 0.0358. The first-order chi connectivity index (χ1) is 8.33. The van der Waals surface area contributed by atoms with Gasteiger partial charge in [-0.15, -0.1) is 0 Å². The van der Waals surface area contributed by atoms with E-state index in [2.05, 4.69) is 18.6 Å². The van der Waals surface area contributed by atoms with E-state index in [-0.39, 0.29) is 9.92 Å². The second kappa shape index (κ2) is 6.41. The lowest BCUT2D eigenvalue weighted by molar-refractivity contribution is 0.540. The fourth-order valence-electron chi connectivity index (χ4n) is 1.52. The second-order valence-electron chi connectivity index (χ2n) is 4.62. The Balaban J connectivity index is 2.71. The molecule has 0 aliphatic carbocycles. The normalized spacial score (nSPS) is 12.0. The molecule has 0 bridgehead atoms. The van der Waals surface area contributed by atoms with Crippen molar-refractivity contribution in [2.75, 3.05) is 12.3 Å². The van der Waals surface area contributed by atoms with Gasteiger partial charge in [0, 0.05) is 12.2 Å². The van der Waals surface area contributed by atoms with Crippen LogP contribution in [0, 0.1) is 5.92 Å². The van der Waals surface area contributed by atoms with Crippen LogP contribution in [0.4, 0.5) is 5.69 Å². The molecule has 0 saturated carbocycles. The smallest absolute Gasteiger partial charge is 0.242 e. The van der Waals surface area contributed by atoms with E-state index in [1.165, 1.54) is 12.1 Å². The average Bonchev–Trinajstić information content (AvgIpc) is 2.27. The zero-order valence-corrected chi connectivity index (χ0v) is 12.2. The first kappa shape index (κ1) is 15.3. The summed E-state index contributed by atoms with van der Waals surface area (Å²) in [6, 6.07) is 4.42. The van der Waals surface area contributed by atoms with Crippen LogP contribution in [0.1, 0.15) is 26.7 Å². The highest BCUT2D eigenvalue weighted by atomic mass is 35.5. The Morgan fingerprint density at radius 1 is 1.39 bits per heavy atom. The van der Waals surface area contributed by atoms with Crippen LogP contribution >= 0.6 is 11.6 Å². The first-order valence-corrected chi connectivity index (χ1v) is 7.73. The van der Waals surface area contributed by atoms with E-state index in [0.717, 1.165) is 12.8 Å².